The number of alkyl halides is 3. The predicted octanol–water partition coefficient (Wildman–Crippen LogP) is 4.52. The van der Waals surface area contributed by atoms with Crippen molar-refractivity contribution in [2.75, 3.05) is 0 Å². The fourth-order valence-corrected chi connectivity index (χ4v) is 2.66. The molecule has 0 bridgehead atoms. The number of nitrogens with zero attached hydrogens (tertiary/aromatic N) is 1. The summed E-state index contributed by atoms with van der Waals surface area (Å²) >= 11 is 6.44. The second-order valence-corrected chi connectivity index (χ2v) is 5.12. The van der Waals surface area contributed by atoms with Crippen LogP contribution in [0.2, 0.25) is 0 Å². The molecule has 0 radical (unpaired) electrons. The Morgan fingerprint density at radius 2 is 1.84 bits per heavy atom. The number of thiazole rings is 1. The van der Waals surface area contributed by atoms with Crippen LogP contribution >= 0.6 is 22.9 Å². The summed E-state index contributed by atoms with van der Waals surface area (Å²) < 4.78 is 37.3. The summed E-state index contributed by atoms with van der Waals surface area (Å²) in [4.78, 5) is 15.5. The van der Waals surface area contributed by atoms with Crippen LogP contribution in [0.3, 0.4) is 0 Å². The molecule has 0 unspecified atom stereocenters. The molecule has 1 aromatic heterocycles. The average Bonchev–Trinajstić information content (AvgIpc) is 2.70. The lowest BCUT2D eigenvalue weighted by Crippen LogP contribution is -2.03. The van der Waals surface area contributed by atoms with Crippen LogP contribution in [0.1, 0.15) is 20.9 Å². The van der Waals surface area contributed by atoms with Crippen molar-refractivity contribution in [3.63, 3.8) is 0 Å². The lowest BCUT2D eigenvalue weighted by atomic mass is 10.1. The van der Waals surface area contributed by atoms with Crippen LogP contribution in [0.15, 0.2) is 24.3 Å². The molecule has 7 heteroatoms. The average molecular weight is 306 g/mol. The Kier molecular flexibility index (Phi) is 3.64. The fourth-order valence-electron chi connectivity index (χ4n) is 1.50. The van der Waals surface area contributed by atoms with E-state index in [2.05, 4.69) is 4.98 Å². The Morgan fingerprint density at radius 1 is 1.26 bits per heavy atom. The maximum atomic E-state index is 12.4. The molecule has 0 atom stereocenters. The van der Waals surface area contributed by atoms with E-state index in [4.69, 9.17) is 11.6 Å². The summed E-state index contributed by atoms with van der Waals surface area (Å²) in [5.41, 5.74) is 0.267. The lowest BCUT2D eigenvalue weighted by Gasteiger charge is -2.06. The van der Waals surface area contributed by atoms with E-state index in [1.807, 2.05) is 0 Å². The smallest absolute Gasteiger partial charge is 0.275 e. The molecule has 0 aliphatic carbocycles. The summed E-state index contributed by atoms with van der Waals surface area (Å²) in [6.07, 6.45) is -4.37. The van der Waals surface area contributed by atoms with Crippen molar-refractivity contribution in [1.29, 1.82) is 0 Å². The minimum Gasteiger partial charge on any atom is -0.275 e. The SMILES string of the molecule is Cc1nc(-c2ccc(C(F)(F)F)cc2)sc1C(=O)Cl. The molecule has 0 spiro atoms. The molecule has 19 heavy (non-hydrogen) atoms. The molecule has 0 saturated heterocycles. The van der Waals surface area contributed by atoms with Gasteiger partial charge in [-0.2, -0.15) is 13.2 Å². The Morgan fingerprint density at radius 3 is 2.26 bits per heavy atom. The number of rotatable bonds is 2. The number of aryl methyl sites for hydroxylation is 1. The van der Waals surface area contributed by atoms with Gasteiger partial charge in [0.15, 0.2) is 0 Å². The Bertz CT molecular complexity index is 619. The number of carbonyl (C=O) groups excluding carboxylic acids is 1. The van der Waals surface area contributed by atoms with Gasteiger partial charge in [0.2, 0.25) is 0 Å². The summed E-state index contributed by atoms with van der Waals surface area (Å²) in [6.45, 7) is 1.62. The standard InChI is InChI=1S/C12H7ClF3NOS/c1-6-9(10(13)18)19-11(17-6)7-2-4-8(5-3-7)12(14,15)16/h2-5H,1H3. The number of benzene rings is 1. The van der Waals surface area contributed by atoms with Crippen LogP contribution < -0.4 is 0 Å². The molecule has 0 aliphatic rings. The number of hydrogen-bond acceptors (Lipinski definition) is 3. The van der Waals surface area contributed by atoms with E-state index in [9.17, 15) is 18.0 Å². The van der Waals surface area contributed by atoms with Crippen LogP contribution in [-0.4, -0.2) is 10.2 Å². The molecule has 0 amide bonds. The summed E-state index contributed by atoms with van der Waals surface area (Å²) in [6, 6.07) is 4.61. The van der Waals surface area contributed by atoms with E-state index in [-0.39, 0.29) is 0 Å². The second kappa shape index (κ2) is 4.94. The van der Waals surface area contributed by atoms with Crippen molar-refractivity contribution in [2.24, 2.45) is 0 Å². The summed E-state index contributed by atoms with van der Waals surface area (Å²) in [5, 5.41) is -0.150. The molecular formula is C12H7ClF3NOS. The molecule has 2 rings (SSSR count). The Labute approximate surface area is 115 Å². The maximum absolute atomic E-state index is 12.4. The van der Waals surface area contributed by atoms with E-state index < -0.39 is 17.0 Å². The minimum atomic E-state index is -4.37. The van der Waals surface area contributed by atoms with Crippen LogP contribution in [0.5, 0.6) is 0 Å². The van der Waals surface area contributed by atoms with E-state index in [1.54, 1.807) is 6.92 Å². The largest absolute Gasteiger partial charge is 0.416 e. The minimum absolute atomic E-state index is 0.302. The first-order valence-corrected chi connectivity index (χ1v) is 6.33. The highest BCUT2D eigenvalue weighted by Crippen LogP contribution is 2.33. The van der Waals surface area contributed by atoms with Gasteiger partial charge in [0, 0.05) is 5.56 Å². The first-order chi connectivity index (χ1) is 8.79. The predicted molar refractivity (Wildman–Crippen MR) is 67.5 cm³/mol. The molecule has 0 N–H and O–H groups in total. The van der Waals surface area contributed by atoms with E-state index in [0.29, 0.717) is 21.1 Å². The normalized spacial score (nSPS) is 11.6. The summed E-state index contributed by atoms with van der Waals surface area (Å²) in [7, 11) is 0. The number of halogens is 4. The van der Waals surface area contributed by atoms with Gasteiger partial charge in [0.05, 0.1) is 11.3 Å². The lowest BCUT2D eigenvalue weighted by molar-refractivity contribution is -0.137. The second-order valence-electron chi connectivity index (χ2n) is 3.78. The third kappa shape index (κ3) is 2.96. The van der Waals surface area contributed by atoms with E-state index >= 15 is 0 Å². The first-order valence-electron chi connectivity index (χ1n) is 5.14. The van der Waals surface area contributed by atoms with Crippen LogP contribution in [0.25, 0.3) is 10.6 Å². The van der Waals surface area contributed by atoms with Gasteiger partial charge < -0.3 is 0 Å². The third-order valence-electron chi connectivity index (χ3n) is 2.43. The number of carbonyl (C=O) groups is 1. The summed E-state index contributed by atoms with van der Waals surface area (Å²) in [5.74, 6) is 0. The van der Waals surface area contributed by atoms with Gasteiger partial charge in [-0.15, -0.1) is 11.3 Å². The van der Waals surface area contributed by atoms with Gasteiger partial charge >= 0.3 is 6.18 Å². The quantitative estimate of drug-likeness (QED) is 0.764. The number of hydrogen-bond donors (Lipinski definition) is 0. The molecule has 0 fully saturated rings. The molecular weight excluding hydrogens is 299 g/mol. The zero-order chi connectivity index (χ0) is 14.2. The highest BCUT2D eigenvalue weighted by Gasteiger charge is 2.30. The van der Waals surface area contributed by atoms with Gasteiger partial charge in [-0.3, -0.25) is 4.79 Å². The van der Waals surface area contributed by atoms with Crippen molar-refractivity contribution in [2.45, 2.75) is 13.1 Å². The third-order valence-corrected chi connectivity index (χ3v) is 3.94. The molecule has 2 nitrogen and oxygen atoms in total. The van der Waals surface area contributed by atoms with Crippen LogP contribution in [0.4, 0.5) is 13.2 Å². The van der Waals surface area contributed by atoms with E-state index in [1.165, 1.54) is 12.1 Å². The van der Waals surface area contributed by atoms with Crippen LogP contribution in [0, 0.1) is 6.92 Å². The van der Waals surface area contributed by atoms with Gasteiger partial charge in [-0.1, -0.05) is 12.1 Å². The Hall–Kier alpha value is -1.40. The highest BCUT2D eigenvalue weighted by atomic mass is 35.5. The van der Waals surface area contributed by atoms with E-state index in [0.717, 1.165) is 23.5 Å². The molecule has 1 heterocycles. The van der Waals surface area contributed by atoms with Crippen molar-refractivity contribution in [3.05, 3.63) is 40.4 Å². The maximum Gasteiger partial charge on any atom is 0.416 e. The molecule has 0 aliphatic heterocycles. The van der Waals surface area contributed by atoms with Crippen molar-refractivity contribution >= 4 is 28.2 Å². The monoisotopic (exact) mass is 305 g/mol. The van der Waals surface area contributed by atoms with Crippen molar-refractivity contribution < 1.29 is 18.0 Å². The van der Waals surface area contributed by atoms with Crippen molar-refractivity contribution in [1.82, 2.24) is 4.98 Å². The Balaban J connectivity index is 2.38. The molecule has 2 aromatic rings. The zero-order valence-corrected chi connectivity index (χ0v) is 11.2. The van der Waals surface area contributed by atoms with Crippen LogP contribution in [-0.2, 0) is 6.18 Å². The van der Waals surface area contributed by atoms with Gasteiger partial charge in [-0.25, -0.2) is 4.98 Å². The topological polar surface area (TPSA) is 30.0 Å². The fraction of sp³-hybridized carbons (Fsp3) is 0.167. The number of aromatic nitrogens is 1. The molecule has 0 saturated carbocycles. The van der Waals surface area contributed by atoms with Gasteiger partial charge in [0.25, 0.3) is 5.24 Å². The first kappa shape index (κ1) is 14.0. The van der Waals surface area contributed by atoms with Gasteiger partial charge in [-0.05, 0) is 30.7 Å². The molecule has 100 valence electrons. The highest BCUT2D eigenvalue weighted by molar-refractivity contribution is 7.18. The molecule has 1 aromatic carbocycles. The van der Waals surface area contributed by atoms with Crippen molar-refractivity contribution in [3.8, 4) is 10.6 Å². The zero-order valence-electron chi connectivity index (χ0n) is 9.58. The van der Waals surface area contributed by atoms with Gasteiger partial charge in [0.1, 0.15) is 9.88 Å².